The normalized spacial score (nSPS) is 19.8. The summed E-state index contributed by atoms with van der Waals surface area (Å²) < 4.78 is 31.7. The quantitative estimate of drug-likeness (QED) is 0.328. The van der Waals surface area contributed by atoms with Crippen LogP contribution < -0.4 is 10.6 Å². The summed E-state index contributed by atoms with van der Waals surface area (Å²) in [5.74, 6) is -4.08. The van der Waals surface area contributed by atoms with Crippen molar-refractivity contribution in [2.24, 2.45) is 11.8 Å². The SMILES string of the molecule is O=C(O)C(F)(F)F.O=C(O)CC(NC(=O)[C@@H]1CCCN(C(=O)/C=C/C2CCNCC2)C1)c1cn[nH]n1. The summed E-state index contributed by atoms with van der Waals surface area (Å²) >= 11 is 0. The number of piperidine rings is 2. The van der Waals surface area contributed by atoms with Crippen LogP contribution >= 0.6 is 0 Å². The lowest BCUT2D eigenvalue weighted by atomic mass is 9.95. The molecule has 0 radical (unpaired) electrons. The molecule has 2 fully saturated rings. The molecule has 1 aromatic heterocycles. The number of aromatic nitrogens is 3. The maximum atomic E-state index is 12.7. The Hall–Kier alpha value is -3.49. The van der Waals surface area contributed by atoms with E-state index in [0.717, 1.165) is 32.4 Å². The molecule has 0 aromatic carbocycles. The molecule has 2 atom stereocenters. The number of carboxylic acid groups (broad SMARTS) is 2. The summed E-state index contributed by atoms with van der Waals surface area (Å²) in [6.07, 6.45) is 3.11. The van der Waals surface area contributed by atoms with Gasteiger partial charge in [0.15, 0.2) is 0 Å². The second-order valence-corrected chi connectivity index (χ2v) is 8.43. The standard InChI is InChI=1S/C19H28N6O4.C2HF3O2/c26-17(4-3-13-5-7-20-8-6-13)25-9-1-2-14(12-25)19(29)22-15(10-18(27)28)16-11-21-24-23-16;3-2(4,5)1(6)7/h3-4,11,13-15,20H,1-2,5-10,12H2,(H,22,29)(H,27,28)(H,21,23,24);(H,6,7)/b4-3+;/t14-,15?;/m1./s1. The molecule has 2 saturated heterocycles. The number of carbonyl (C=O) groups excluding carboxylic acids is 2. The van der Waals surface area contributed by atoms with Crippen LogP contribution in [-0.4, -0.2) is 86.6 Å². The van der Waals surface area contributed by atoms with Gasteiger partial charge in [0.05, 0.1) is 24.6 Å². The number of aliphatic carboxylic acids is 2. The molecule has 5 N–H and O–H groups in total. The van der Waals surface area contributed by atoms with E-state index >= 15 is 0 Å². The number of carboxylic acids is 2. The van der Waals surface area contributed by atoms with Crippen molar-refractivity contribution in [3.63, 3.8) is 0 Å². The molecule has 0 bridgehead atoms. The molecule has 0 aliphatic carbocycles. The zero-order chi connectivity index (χ0) is 26.7. The maximum Gasteiger partial charge on any atom is 0.490 e. The number of likely N-dealkylation sites (tertiary alicyclic amines) is 1. The van der Waals surface area contributed by atoms with Gasteiger partial charge in [0, 0.05) is 13.1 Å². The summed E-state index contributed by atoms with van der Waals surface area (Å²) in [6, 6.07) is -0.760. The average Bonchev–Trinajstić information content (AvgIpc) is 3.37. The third-order valence-electron chi connectivity index (χ3n) is 5.73. The van der Waals surface area contributed by atoms with Gasteiger partial charge in [0.2, 0.25) is 11.8 Å². The fourth-order valence-corrected chi connectivity index (χ4v) is 3.82. The Kier molecular flexibility index (Phi) is 10.8. The Morgan fingerprint density at radius 2 is 1.86 bits per heavy atom. The van der Waals surface area contributed by atoms with Crippen molar-refractivity contribution >= 4 is 23.8 Å². The monoisotopic (exact) mass is 518 g/mol. The lowest BCUT2D eigenvalue weighted by Gasteiger charge is -2.32. The van der Waals surface area contributed by atoms with Crippen LogP contribution in [-0.2, 0) is 19.2 Å². The van der Waals surface area contributed by atoms with Crippen molar-refractivity contribution in [2.45, 2.75) is 44.3 Å². The van der Waals surface area contributed by atoms with Gasteiger partial charge >= 0.3 is 18.1 Å². The molecular formula is C21H29F3N6O6. The van der Waals surface area contributed by atoms with E-state index in [1.54, 1.807) is 11.0 Å². The van der Waals surface area contributed by atoms with E-state index in [1.165, 1.54) is 6.20 Å². The van der Waals surface area contributed by atoms with Gasteiger partial charge in [-0.2, -0.15) is 28.6 Å². The van der Waals surface area contributed by atoms with E-state index in [-0.39, 0.29) is 24.2 Å². The van der Waals surface area contributed by atoms with Crippen molar-refractivity contribution < 1.29 is 42.6 Å². The van der Waals surface area contributed by atoms with E-state index in [2.05, 4.69) is 26.0 Å². The molecule has 1 aromatic rings. The Morgan fingerprint density at radius 1 is 1.19 bits per heavy atom. The molecule has 2 aliphatic heterocycles. The summed E-state index contributed by atoms with van der Waals surface area (Å²) in [4.78, 5) is 47.0. The molecule has 0 saturated carbocycles. The number of rotatable bonds is 7. The predicted octanol–water partition coefficient (Wildman–Crippen LogP) is 0.864. The van der Waals surface area contributed by atoms with Gasteiger partial charge < -0.3 is 25.7 Å². The molecule has 12 nitrogen and oxygen atoms in total. The number of H-pyrrole nitrogens is 1. The minimum atomic E-state index is -5.08. The van der Waals surface area contributed by atoms with Gasteiger partial charge in [0.25, 0.3) is 0 Å². The van der Waals surface area contributed by atoms with Gasteiger partial charge in [0.1, 0.15) is 5.69 Å². The predicted molar refractivity (Wildman–Crippen MR) is 117 cm³/mol. The first-order valence-electron chi connectivity index (χ1n) is 11.3. The molecular weight excluding hydrogens is 489 g/mol. The van der Waals surface area contributed by atoms with Crippen molar-refractivity contribution in [2.75, 3.05) is 26.2 Å². The van der Waals surface area contributed by atoms with Crippen molar-refractivity contribution in [3.8, 4) is 0 Å². The molecule has 36 heavy (non-hydrogen) atoms. The highest BCUT2D eigenvalue weighted by Gasteiger charge is 2.38. The molecule has 1 unspecified atom stereocenters. The number of nitrogens with zero attached hydrogens (tertiary/aromatic N) is 3. The van der Waals surface area contributed by atoms with Crippen LogP contribution in [0.25, 0.3) is 0 Å². The van der Waals surface area contributed by atoms with Crippen LogP contribution in [0.1, 0.15) is 43.8 Å². The second kappa shape index (κ2) is 13.6. The highest BCUT2D eigenvalue weighted by Crippen LogP contribution is 2.21. The number of allylic oxidation sites excluding steroid dienone is 1. The van der Waals surface area contributed by atoms with Crippen molar-refractivity contribution in [1.82, 2.24) is 30.9 Å². The van der Waals surface area contributed by atoms with Crippen LogP contribution in [0.3, 0.4) is 0 Å². The van der Waals surface area contributed by atoms with Crippen LogP contribution in [0.2, 0.25) is 0 Å². The fraction of sp³-hybridized carbons (Fsp3) is 0.619. The topological polar surface area (TPSA) is 178 Å². The van der Waals surface area contributed by atoms with Gasteiger partial charge in [-0.25, -0.2) is 4.79 Å². The number of nitrogens with one attached hydrogen (secondary N) is 3. The lowest BCUT2D eigenvalue weighted by molar-refractivity contribution is -0.192. The smallest absolute Gasteiger partial charge is 0.481 e. The van der Waals surface area contributed by atoms with Crippen LogP contribution in [0.4, 0.5) is 13.2 Å². The van der Waals surface area contributed by atoms with E-state index in [1.807, 2.05) is 6.08 Å². The Morgan fingerprint density at radius 3 is 2.42 bits per heavy atom. The fourth-order valence-electron chi connectivity index (χ4n) is 3.82. The van der Waals surface area contributed by atoms with E-state index < -0.39 is 24.2 Å². The first kappa shape index (κ1) is 28.7. The van der Waals surface area contributed by atoms with Crippen molar-refractivity contribution in [3.05, 3.63) is 24.0 Å². The number of aromatic amines is 1. The minimum absolute atomic E-state index is 0.0698. The largest absolute Gasteiger partial charge is 0.490 e. The van der Waals surface area contributed by atoms with Crippen molar-refractivity contribution in [1.29, 1.82) is 0 Å². The van der Waals surface area contributed by atoms with Crippen LogP contribution in [0.5, 0.6) is 0 Å². The maximum absolute atomic E-state index is 12.7. The first-order valence-corrected chi connectivity index (χ1v) is 11.3. The Labute approximate surface area is 204 Å². The average molecular weight is 518 g/mol. The van der Waals surface area contributed by atoms with E-state index in [4.69, 9.17) is 15.0 Å². The summed E-state index contributed by atoms with van der Waals surface area (Å²) in [5.41, 5.74) is 0.370. The molecule has 0 spiro atoms. The molecule has 2 aliphatic rings. The highest BCUT2D eigenvalue weighted by atomic mass is 19.4. The minimum Gasteiger partial charge on any atom is -0.481 e. The zero-order valence-corrected chi connectivity index (χ0v) is 19.3. The Bertz CT molecular complexity index is 918. The molecule has 15 heteroatoms. The third kappa shape index (κ3) is 9.64. The number of alkyl halides is 3. The number of hydrogen-bond donors (Lipinski definition) is 5. The first-order chi connectivity index (χ1) is 17.0. The highest BCUT2D eigenvalue weighted by molar-refractivity contribution is 5.88. The third-order valence-corrected chi connectivity index (χ3v) is 5.73. The summed E-state index contributed by atoms with van der Waals surface area (Å²) in [7, 11) is 0. The molecule has 200 valence electrons. The lowest BCUT2D eigenvalue weighted by Crippen LogP contribution is -2.46. The second-order valence-electron chi connectivity index (χ2n) is 8.43. The zero-order valence-electron chi connectivity index (χ0n) is 19.3. The number of amides is 2. The summed E-state index contributed by atoms with van der Waals surface area (Å²) in [5, 5.41) is 32.3. The number of halogens is 3. The van der Waals surface area contributed by atoms with Crippen LogP contribution in [0.15, 0.2) is 18.3 Å². The van der Waals surface area contributed by atoms with E-state index in [0.29, 0.717) is 31.1 Å². The van der Waals surface area contributed by atoms with Gasteiger partial charge in [-0.3, -0.25) is 14.4 Å². The number of carbonyl (C=O) groups is 4. The summed E-state index contributed by atoms with van der Waals surface area (Å²) in [6.45, 7) is 2.90. The molecule has 3 heterocycles. The van der Waals surface area contributed by atoms with Gasteiger partial charge in [-0.15, -0.1) is 0 Å². The molecule has 2 amide bonds. The molecule has 3 rings (SSSR count). The van der Waals surface area contributed by atoms with Gasteiger partial charge in [-0.1, -0.05) is 6.08 Å². The number of hydrogen-bond acceptors (Lipinski definition) is 7. The van der Waals surface area contributed by atoms with Gasteiger partial charge in [-0.05, 0) is 50.8 Å². The van der Waals surface area contributed by atoms with E-state index in [9.17, 15) is 27.6 Å². The van der Waals surface area contributed by atoms with Crippen LogP contribution in [0, 0.1) is 11.8 Å². The Balaban J connectivity index is 0.000000572.